The van der Waals surface area contributed by atoms with Crippen molar-refractivity contribution >= 4 is 27.5 Å². The van der Waals surface area contributed by atoms with Gasteiger partial charge in [-0.15, -0.1) is 0 Å². The van der Waals surface area contributed by atoms with Crippen molar-refractivity contribution in [1.29, 1.82) is 0 Å². The Labute approximate surface area is 125 Å². The summed E-state index contributed by atoms with van der Waals surface area (Å²) in [5.74, 6) is -0.475. The molecular formula is C15H14BrNO3. The Balaban J connectivity index is 2.15. The highest BCUT2D eigenvalue weighted by Crippen LogP contribution is 2.23. The Kier molecular flexibility index (Phi) is 4.42. The molecule has 2 aromatic carbocycles. The first-order valence-corrected chi connectivity index (χ1v) is 6.84. The van der Waals surface area contributed by atoms with Crippen LogP contribution in [0, 0.1) is 0 Å². The Morgan fingerprint density at radius 3 is 2.40 bits per heavy atom. The highest BCUT2D eigenvalue weighted by atomic mass is 79.9. The molecule has 3 N–H and O–H groups in total. The third kappa shape index (κ3) is 3.37. The van der Waals surface area contributed by atoms with Crippen LogP contribution in [0.1, 0.15) is 28.9 Å². The van der Waals surface area contributed by atoms with E-state index in [1.54, 1.807) is 43.3 Å². The number of rotatable bonds is 3. The fourth-order valence-electron chi connectivity index (χ4n) is 1.74. The van der Waals surface area contributed by atoms with Crippen LogP contribution in [0.15, 0.2) is 46.9 Å². The summed E-state index contributed by atoms with van der Waals surface area (Å²) in [7, 11) is 0. The number of nitrogens with one attached hydrogen (secondary N) is 1. The molecule has 0 saturated carbocycles. The smallest absolute Gasteiger partial charge is 0.259 e. The molecule has 0 aliphatic carbocycles. The summed E-state index contributed by atoms with van der Waals surface area (Å²) in [5.41, 5.74) is 1.57. The van der Waals surface area contributed by atoms with Gasteiger partial charge in [-0.1, -0.05) is 28.1 Å². The molecule has 0 heterocycles. The Morgan fingerprint density at radius 1 is 1.20 bits per heavy atom. The van der Waals surface area contributed by atoms with Crippen LogP contribution in [-0.4, -0.2) is 16.1 Å². The molecule has 0 aromatic heterocycles. The first kappa shape index (κ1) is 14.6. The van der Waals surface area contributed by atoms with Gasteiger partial charge in [0, 0.05) is 10.2 Å². The zero-order valence-corrected chi connectivity index (χ0v) is 12.4. The van der Waals surface area contributed by atoms with Crippen LogP contribution in [0.3, 0.4) is 0 Å². The van der Waals surface area contributed by atoms with Crippen molar-refractivity contribution in [3.63, 3.8) is 0 Å². The molecule has 20 heavy (non-hydrogen) atoms. The second kappa shape index (κ2) is 6.07. The van der Waals surface area contributed by atoms with Crippen LogP contribution in [0.5, 0.6) is 5.75 Å². The van der Waals surface area contributed by atoms with E-state index < -0.39 is 6.10 Å². The lowest BCUT2D eigenvalue weighted by atomic mass is 10.1. The molecule has 0 fully saturated rings. The molecule has 2 rings (SSSR count). The average Bonchev–Trinajstić information content (AvgIpc) is 2.39. The lowest BCUT2D eigenvalue weighted by molar-refractivity contribution is 0.102. The number of phenols is 1. The number of phenolic OH excluding ortho intramolecular Hbond substituents is 1. The summed E-state index contributed by atoms with van der Waals surface area (Å²) in [6.07, 6.45) is -0.546. The first-order valence-electron chi connectivity index (χ1n) is 6.05. The lowest BCUT2D eigenvalue weighted by Gasteiger charge is -2.09. The maximum Gasteiger partial charge on any atom is 0.259 e. The summed E-state index contributed by atoms with van der Waals surface area (Å²) in [4.78, 5) is 12.0. The van der Waals surface area contributed by atoms with E-state index in [4.69, 9.17) is 0 Å². The zero-order valence-electron chi connectivity index (χ0n) is 10.8. The fourth-order valence-corrected chi connectivity index (χ4v) is 2.09. The molecule has 1 amide bonds. The van der Waals surface area contributed by atoms with E-state index in [9.17, 15) is 15.0 Å². The molecule has 0 saturated heterocycles. The molecule has 1 unspecified atom stereocenters. The standard InChI is InChI=1S/C15H14BrNO3/c1-9(18)10-2-5-12(6-3-10)17-15(20)13-7-4-11(16)8-14(13)19/h2-9,18-19H,1H3,(H,17,20). The second-order valence-electron chi connectivity index (χ2n) is 4.41. The number of hydrogen-bond donors (Lipinski definition) is 3. The second-order valence-corrected chi connectivity index (χ2v) is 5.33. The number of carbonyl (C=O) groups is 1. The van der Waals surface area contributed by atoms with Crippen LogP contribution in [0.4, 0.5) is 5.69 Å². The highest BCUT2D eigenvalue weighted by Gasteiger charge is 2.11. The normalized spacial score (nSPS) is 11.9. The van der Waals surface area contributed by atoms with Crippen molar-refractivity contribution in [3.05, 3.63) is 58.1 Å². The van der Waals surface area contributed by atoms with Gasteiger partial charge in [0.25, 0.3) is 5.91 Å². The van der Waals surface area contributed by atoms with Crippen molar-refractivity contribution in [2.45, 2.75) is 13.0 Å². The molecule has 0 aliphatic heterocycles. The van der Waals surface area contributed by atoms with E-state index in [-0.39, 0.29) is 17.2 Å². The predicted octanol–water partition coefficient (Wildman–Crippen LogP) is 3.46. The first-order chi connectivity index (χ1) is 9.47. The monoisotopic (exact) mass is 335 g/mol. The van der Waals surface area contributed by atoms with Crippen LogP contribution in [-0.2, 0) is 0 Å². The predicted molar refractivity (Wildman–Crippen MR) is 80.8 cm³/mol. The van der Waals surface area contributed by atoms with E-state index in [1.165, 1.54) is 6.07 Å². The van der Waals surface area contributed by atoms with Gasteiger partial charge >= 0.3 is 0 Å². The maximum atomic E-state index is 12.0. The molecule has 1 atom stereocenters. The van der Waals surface area contributed by atoms with Gasteiger partial charge in [-0.3, -0.25) is 4.79 Å². The minimum absolute atomic E-state index is 0.0857. The highest BCUT2D eigenvalue weighted by molar-refractivity contribution is 9.10. The number of aromatic hydroxyl groups is 1. The van der Waals surface area contributed by atoms with Gasteiger partial charge in [0.1, 0.15) is 5.75 Å². The van der Waals surface area contributed by atoms with E-state index in [0.717, 1.165) is 5.56 Å². The number of aliphatic hydroxyl groups excluding tert-OH is 1. The van der Waals surface area contributed by atoms with Crippen LogP contribution < -0.4 is 5.32 Å². The van der Waals surface area contributed by atoms with Crippen LogP contribution in [0.25, 0.3) is 0 Å². The van der Waals surface area contributed by atoms with Crippen LogP contribution in [0.2, 0.25) is 0 Å². The van der Waals surface area contributed by atoms with E-state index in [2.05, 4.69) is 21.2 Å². The Morgan fingerprint density at radius 2 is 1.85 bits per heavy atom. The molecular weight excluding hydrogens is 322 g/mol. The summed E-state index contributed by atoms with van der Waals surface area (Å²) in [6.45, 7) is 1.67. The van der Waals surface area contributed by atoms with Crippen molar-refractivity contribution in [1.82, 2.24) is 0 Å². The number of amides is 1. The van der Waals surface area contributed by atoms with Gasteiger partial charge < -0.3 is 15.5 Å². The van der Waals surface area contributed by atoms with Gasteiger partial charge in [-0.05, 0) is 42.8 Å². The van der Waals surface area contributed by atoms with Gasteiger partial charge in [0.2, 0.25) is 0 Å². The third-order valence-corrected chi connectivity index (χ3v) is 3.35. The number of carbonyl (C=O) groups excluding carboxylic acids is 1. The summed E-state index contributed by atoms with van der Waals surface area (Å²) < 4.78 is 0.702. The topological polar surface area (TPSA) is 69.6 Å². The molecule has 104 valence electrons. The molecule has 5 heteroatoms. The molecule has 0 spiro atoms. The SMILES string of the molecule is CC(O)c1ccc(NC(=O)c2ccc(Br)cc2O)cc1. The molecule has 0 aliphatic rings. The minimum Gasteiger partial charge on any atom is -0.507 e. The molecule has 0 radical (unpaired) electrons. The van der Waals surface area contributed by atoms with Gasteiger partial charge in [0.05, 0.1) is 11.7 Å². The summed E-state index contributed by atoms with van der Waals surface area (Å²) in [6, 6.07) is 11.6. The van der Waals surface area contributed by atoms with E-state index >= 15 is 0 Å². The maximum absolute atomic E-state index is 12.0. The number of aliphatic hydroxyl groups is 1. The number of hydrogen-bond acceptors (Lipinski definition) is 3. The molecule has 4 nitrogen and oxygen atoms in total. The Hall–Kier alpha value is -1.85. The molecule has 2 aromatic rings. The zero-order chi connectivity index (χ0) is 14.7. The average molecular weight is 336 g/mol. The summed E-state index contributed by atoms with van der Waals surface area (Å²) >= 11 is 3.22. The number of anilines is 1. The van der Waals surface area contributed by atoms with E-state index in [0.29, 0.717) is 10.2 Å². The van der Waals surface area contributed by atoms with Gasteiger partial charge in [0.15, 0.2) is 0 Å². The van der Waals surface area contributed by atoms with Gasteiger partial charge in [-0.25, -0.2) is 0 Å². The lowest BCUT2D eigenvalue weighted by Crippen LogP contribution is -2.12. The fraction of sp³-hybridized carbons (Fsp3) is 0.133. The van der Waals surface area contributed by atoms with Crippen LogP contribution >= 0.6 is 15.9 Å². The summed E-state index contributed by atoms with van der Waals surface area (Å²) in [5, 5.41) is 21.8. The van der Waals surface area contributed by atoms with Crippen molar-refractivity contribution in [3.8, 4) is 5.75 Å². The van der Waals surface area contributed by atoms with Crippen molar-refractivity contribution < 1.29 is 15.0 Å². The van der Waals surface area contributed by atoms with Crippen molar-refractivity contribution in [2.75, 3.05) is 5.32 Å². The van der Waals surface area contributed by atoms with Gasteiger partial charge in [-0.2, -0.15) is 0 Å². The van der Waals surface area contributed by atoms with Crippen molar-refractivity contribution in [2.24, 2.45) is 0 Å². The minimum atomic E-state index is -0.546. The number of benzene rings is 2. The largest absolute Gasteiger partial charge is 0.507 e. The third-order valence-electron chi connectivity index (χ3n) is 2.86. The quantitative estimate of drug-likeness (QED) is 0.804. The van der Waals surface area contributed by atoms with E-state index in [1.807, 2.05) is 0 Å². The Bertz CT molecular complexity index is 624. The number of halogens is 1. The molecule has 0 bridgehead atoms.